The van der Waals surface area contributed by atoms with Crippen molar-refractivity contribution in [2.45, 2.75) is 38.0 Å². The van der Waals surface area contributed by atoms with E-state index in [0.29, 0.717) is 19.4 Å². The smallest absolute Gasteiger partial charge is 0.138 e. The van der Waals surface area contributed by atoms with Crippen LogP contribution in [-0.2, 0) is 18.7 Å². The fourth-order valence-corrected chi connectivity index (χ4v) is 4.18. The van der Waals surface area contributed by atoms with E-state index in [4.69, 9.17) is 4.74 Å². The van der Waals surface area contributed by atoms with Gasteiger partial charge in [-0.2, -0.15) is 0 Å². The summed E-state index contributed by atoms with van der Waals surface area (Å²) >= 11 is 0. The number of ether oxygens (including phenoxy) is 1. The van der Waals surface area contributed by atoms with Gasteiger partial charge in [0.1, 0.15) is 18.0 Å². The monoisotopic (exact) mass is 439 g/mol. The predicted octanol–water partition coefficient (Wildman–Crippen LogP) is 6.58. The summed E-state index contributed by atoms with van der Waals surface area (Å²) in [6.07, 6.45) is 3.28. The van der Waals surface area contributed by atoms with Crippen molar-refractivity contribution in [1.82, 2.24) is 4.90 Å². The first kappa shape index (κ1) is 23.3. The third-order valence-corrected chi connectivity index (χ3v) is 6.03. The van der Waals surface area contributed by atoms with E-state index in [9.17, 15) is 0 Å². The molecule has 4 rings (SSSR count). The van der Waals surface area contributed by atoms with Crippen molar-refractivity contribution in [2.75, 3.05) is 19.6 Å². The van der Waals surface area contributed by atoms with Gasteiger partial charge in [0.25, 0.3) is 0 Å². The van der Waals surface area contributed by atoms with Crippen LogP contribution in [0.25, 0.3) is 0 Å². The summed E-state index contributed by atoms with van der Waals surface area (Å²) in [5.41, 5.74) is 1.97. The molecule has 0 bridgehead atoms. The molecular weight excluding hydrogens is 409 g/mol. The van der Waals surface area contributed by atoms with Gasteiger partial charge in [-0.25, -0.2) is 4.39 Å². The number of likely N-dealkylation sites (tertiary alicyclic amines) is 1. The number of aryl methyl sites for hydroxylation is 1. The molecule has 1 saturated heterocycles. The molecule has 0 aliphatic carbocycles. The van der Waals surface area contributed by atoms with Gasteiger partial charge >= 0.3 is 0 Å². The summed E-state index contributed by atoms with van der Waals surface area (Å²) in [6.45, 7) is 3.14. The molecule has 0 amide bonds. The summed E-state index contributed by atoms with van der Waals surface area (Å²) in [7, 11) is 0. The van der Waals surface area contributed by atoms with E-state index in [0.717, 1.165) is 49.4 Å². The van der Waals surface area contributed by atoms with Gasteiger partial charge in [-0.05, 0) is 61.1 Å². The zero-order valence-corrected chi connectivity index (χ0v) is 18.7. The van der Waals surface area contributed by atoms with Crippen LogP contribution in [0.5, 0.6) is 5.75 Å². The molecule has 3 aromatic carbocycles. The normalized spacial score (nSPS) is 15.8. The molecule has 0 aromatic heterocycles. The number of hydrogen-bond donors (Lipinski definition) is 0. The van der Waals surface area contributed by atoms with Crippen molar-refractivity contribution in [2.24, 2.45) is 0 Å². The number of benzene rings is 3. The third kappa shape index (κ3) is 6.56. The molecule has 31 heavy (non-hydrogen) atoms. The summed E-state index contributed by atoms with van der Waals surface area (Å²) in [4.78, 5) is 2.40. The number of hydrogen-bond acceptors (Lipinski definition) is 2. The first-order chi connectivity index (χ1) is 14.7. The van der Waals surface area contributed by atoms with E-state index < -0.39 is 5.67 Å². The lowest BCUT2D eigenvalue weighted by Crippen LogP contribution is -2.40. The van der Waals surface area contributed by atoms with E-state index >= 15 is 4.39 Å². The minimum Gasteiger partial charge on any atom is -0.489 e. The molecule has 164 valence electrons. The zero-order chi connectivity index (χ0) is 20.7. The summed E-state index contributed by atoms with van der Waals surface area (Å²) < 4.78 is 21.6. The van der Waals surface area contributed by atoms with Gasteiger partial charge < -0.3 is 9.64 Å². The standard InChI is InChI=1S/C27H30FNO.ClH/c28-27(16-19-29(20-17-27)18-8-13-23-9-3-1-4-10-23)25-14-7-15-26(21-25)30-22-24-11-5-2-6-12-24;/h1-7,9-12,14-15,21H,8,13,16-20,22H2;1H. The number of halogens is 2. The molecular formula is C27H31ClFNO. The maximum absolute atomic E-state index is 15.7. The van der Waals surface area contributed by atoms with Crippen molar-refractivity contribution in [3.05, 3.63) is 102 Å². The Balaban J connectivity index is 0.00000272. The Morgan fingerprint density at radius 3 is 2.13 bits per heavy atom. The maximum Gasteiger partial charge on any atom is 0.138 e. The van der Waals surface area contributed by atoms with E-state index in [1.165, 1.54) is 5.56 Å². The molecule has 1 aliphatic heterocycles. The summed E-state index contributed by atoms with van der Waals surface area (Å²) in [6, 6.07) is 28.2. The van der Waals surface area contributed by atoms with Gasteiger partial charge in [0, 0.05) is 13.1 Å². The fraction of sp³-hybridized carbons (Fsp3) is 0.333. The summed E-state index contributed by atoms with van der Waals surface area (Å²) in [5, 5.41) is 0. The lowest BCUT2D eigenvalue weighted by molar-refractivity contribution is 0.0553. The molecule has 1 fully saturated rings. The Labute approximate surface area is 191 Å². The van der Waals surface area contributed by atoms with E-state index in [-0.39, 0.29) is 12.4 Å². The van der Waals surface area contributed by atoms with Crippen LogP contribution in [0.15, 0.2) is 84.9 Å². The molecule has 1 aliphatic rings. The lowest BCUT2D eigenvalue weighted by Gasteiger charge is -2.36. The minimum atomic E-state index is -1.26. The highest BCUT2D eigenvalue weighted by atomic mass is 35.5. The van der Waals surface area contributed by atoms with Gasteiger partial charge in [-0.3, -0.25) is 0 Å². The van der Waals surface area contributed by atoms with Crippen LogP contribution in [0.2, 0.25) is 0 Å². The summed E-state index contributed by atoms with van der Waals surface area (Å²) in [5.74, 6) is 0.735. The third-order valence-electron chi connectivity index (χ3n) is 6.03. The molecule has 0 saturated carbocycles. The average Bonchev–Trinajstić information content (AvgIpc) is 2.81. The van der Waals surface area contributed by atoms with Gasteiger partial charge in [-0.1, -0.05) is 72.8 Å². The number of piperidine rings is 1. The second kappa shape index (κ2) is 11.3. The van der Waals surface area contributed by atoms with Crippen LogP contribution in [0, 0.1) is 0 Å². The van der Waals surface area contributed by atoms with Crippen molar-refractivity contribution in [3.8, 4) is 5.75 Å². The lowest BCUT2D eigenvalue weighted by atomic mass is 9.86. The molecule has 1 heterocycles. The SMILES string of the molecule is Cl.FC1(c2cccc(OCc3ccccc3)c2)CCN(CCCc2ccccc2)CC1. The van der Waals surface area contributed by atoms with Crippen LogP contribution in [0.3, 0.4) is 0 Å². The molecule has 0 atom stereocenters. The Kier molecular flexibility index (Phi) is 8.51. The number of alkyl halides is 1. The molecule has 0 spiro atoms. The molecule has 4 heteroatoms. The van der Waals surface area contributed by atoms with E-state index in [1.807, 2.05) is 54.6 Å². The highest BCUT2D eigenvalue weighted by molar-refractivity contribution is 5.85. The van der Waals surface area contributed by atoms with Crippen molar-refractivity contribution in [3.63, 3.8) is 0 Å². The van der Waals surface area contributed by atoms with Crippen LogP contribution in [0.1, 0.15) is 36.0 Å². The van der Waals surface area contributed by atoms with Gasteiger partial charge in [0.05, 0.1) is 0 Å². The Morgan fingerprint density at radius 1 is 0.806 bits per heavy atom. The molecule has 3 aromatic rings. The highest BCUT2D eigenvalue weighted by Crippen LogP contribution is 2.38. The zero-order valence-electron chi connectivity index (χ0n) is 17.9. The van der Waals surface area contributed by atoms with Crippen LogP contribution >= 0.6 is 12.4 Å². The second-order valence-electron chi connectivity index (χ2n) is 8.20. The van der Waals surface area contributed by atoms with Crippen LogP contribution in [-0.4, -0.2) is 24.5 Å². The van der Waals surface area contributed by atoms with E-state index in [1.54, 1.807) is 0 Å². The minimum absolute atomic E-state index is 0. The molecule has 0 unspecified atom stereocenters. The van der Waals surface area contributed by atoms with Gasteiger partial charge in [-0.15, -0.1) is 12.4 Å². The van der Waals surface area contributed by atoms with E-state index in [2.05, 4.69) is 35.2 Å². The molecule has 0 N–H and O–H groups in total. The topological polar surface area (TPSA) is 12.5 Å². The number of rotatable bonds is 8. The second-order valence-corrected chi connectivity index (χ2v) is 8.20. The molecule has 2 nitrogen and oxygen atoms in total. The Bertz CT molecular complexity index is 911. The van der Waals surface area contributed by atoms with Gasteiger partial charge in [0.15, 0.2) is 0 Å². The van der Waals surface area contributed by atoms with Gasteiger partial charge in [0.2, 0.25) is 0 Å². The largest absolute Gasteiger partial charge is 0.489 e. The first-order valence-electron chi connectivity index (χ1n) is 10.9. The van der Waals surface area contributed by atoms with Crippen LogP contribution < -0.4 is 4.74 Å². The Hall–Kier alpha value is -2.36. The number of nitrogens with zero attached hydrogens (tertiary/aromatic N) is 1. The van der Waals surface area contributed by atoms with Crippen molar-refractivity contribution < 1.29 is 9.13 Å². The molecule has 0 radical (unpaired) electrons. The quantitative estimate of drug-likeness (QED) is 0.393. The fourth-order valence-electron chi connectivity index (χ4n) is 4.18. The maximum atomic E-state index is 15.7. The predicted molar refractivity (Wildman–Crippen MR) is 128 cm³/mol. The average molecular weight is 440 g/mol. The van der Waals surface area contributed by atoms with Crippen LogP contribution in [0.4, 0.5) is 4.39 Å². The van der Waals surface area contributed by atoms with Crippen molar-refractivity contribution in [1.29, 1.82) is 0 Å². The highest BCUT2D eigenvalue weighted by Gasteiger charge is 2.36. The van der Waals surface area contributed by atoms with Crippen molar-refractivity contribution >= 4 is 12.4 Å². The Morgan fingerprint density at radius 2 is 1.45 bits per heavy atom. The first-order valence-corrected chi connectivity index (χ1v) is 10.9.